The maximum atomic E-state index is 12.8. The molecule has 1 saturated heterocycles. The molecule has 2 atom stereocenters. The third-order valence-electron chi connectivity index (χ3n) is 6.36. The summed E-state index contributed by atoms with van der Waals surface area (Å²) in [6.45, 7) is 3.87. The lowest BCUT2D eigenvalue weighted by molar-refractivity contribution is -0.131. The number of fused-ring (bicyclic) bond motifs is 1. The van der Waals surface area contributed by atoms with E-state index in [2.05, 4.69) is 61.9 Å². The second-order valence-corrected chi connectivity index (χ2v) is 8.57. The Bertz CT molecular complexity index is 1170. The number of rotatable bonds is 6. The molecule has 0 spiro atoms. The van der Waals surface area contributed by atoms with Crippen LogP contribution < -0.4 is 0 Å². The van der Waals surface area contributed by atoms with Gasteiger partial charge in [-0.2, -0.15) is 5.10 Å². The first-order valence-corrected chi connectivity index (χ1v) is 10.9. The van der Waals surface area contributed by atoms with Crippen LogP contribution in [0.5, 0.6) is 0 Å². The minimum Gasteiger partial charge on any atom is -0.340 e. The monoisotopic (exact) mass is 413 g/mol. The average molecular weight is 414 g/mol. The van der Waals surface area contributed by atoms with Crippen molar-refractivity contribution in [3.05, 3.63) is 72.8 Å². The van der Waals surface area contributed by atoms with Crippen LogP contribution in [0.4, 0.5) is 0 Å². The number of carbonyl (C=O) groups excluding carboxylic acids is 1. The largest absolute Gasteiger partial charge is 0.340 e. The van der Waals surface area contributed by atoms with Gasteiger partial charge in [0.05, 0.1) is 23.6 Å². The van der Waals surface area contributed by atoms with Crippen molar-refractivity contribution in [1.29, 1.82) is 0 Å². The van der Waals surface area contributed by atoms with Crippen molar-refractivity contribution in [3.63, 3.8) is 0 Å². The molecule has 31 heavy (non-hydrogen) atoms. The van der Waals surface area contributed by atoms with Crippen molar-refractivity contribution in [1.82, 2.24) is 24.6 Å². The molecule has 2 aromatic heterocycles. The highest BCUT2D eigenvalue weighted by Gasteiger charge is 2.32. The van der Waals surface area contributed by atoms with Crippen LogP contribution in [0.2, 0.25) is 0 Å². The van der Waals surface area contributed by atoms with E-state index in [0.717, 1.165) is 48.1 Å². The molecule has 1 amide bonds. The zero-order chi connectivity index (χ0) is 21.2. The molecule has 4 aromatic rings. The van der Waals surface area contributed by atoms with Crippen LogP contribution in [0.1, 0.15) is 25.3 Å². The number of benzene rings is 2. The number of carbonyl (C=O) groups is 1. The Morgan fingerprint density at radius 3 is 2.84 bits per heavy atom. The Labute approximate surface area is 181 Å². The van der Waals surface area contributed by atoms with Crippen molar-refractivity contribution >= 4 is 16.9 Å². The SMILES string of the molecule is C[C@H]1C[C@H](Cn2cnc3cc(-c4cn[nH]c4)ccc32)CN1C(=O)CCc1ccccc1. The molecule has 0 unspecified atom stereocenters. The summed E-state index contributed by atoms with van der Waals surface area (Å²) in [4.78, 5) is 19.5. The van der Waals surface area contributed by atoms with Crippen molar-refractivity contribution in [2.24, 2.45) is 5.92 Å². The summed E-state index contributed by atoms with van der Waals surface area (Å²) >= 11 is 0. The number of hydrogen-bond acceptors (Lipinski definition) is 3. The highest BCUT2D eigenvalue weighted by molar-refractivity contribution is 5.82. The van der Waals surface area contributed by atoms with Gasteiger partial charge >= 0.3 is 0 Å². The summed E-state index contributed by atoms with van der Waals surface area (Å²) in [5.74, 6) is 0.709. The topological polar surface area (TPSA) is 66.8 Å². The van der Waals surface area contributed by atoms with Gasteiger partial charge in [-0.05, 0) is 48.9 Å². The molecule has 0 saturated carbocycles. The van der Waals surface area contributed by atoms with E-state index in [-0.39, 0.29) is 11.9 Å². The van der Waals surface area contributed by atoms with Gasteiger partial charge in [0, 0.05) is 37.3 Å². The van der Waals surface area contributed by atoms with Crippen LogP contribution in [0.25, 0.3) is 22.2 Å². The molecule has 3 heterocycles. The van der Waals surface area contributed by atoms with Gasteiger partial charge in [-0.3, -0.25) is 9.89 Å². The van der Waals surface area contributed by atoms with Gasteiger partial charge in [0.25, 0.3) is 0 Å². The molecular formula is C25H27N5O. The number of aromatic amines is 1. The molecule has 5 rings (SSSR count). The van der Waals surface area contributed by atoms with Crippen molar-refractivity contribution < 1.29 is 4.79 Å². The van der Waals surface area contributed by atoms with Crippen molar-refractivity contribution in [3.8, 4) is 11.1 Å². The van der Waals surface area contributed by atoms with E-state index >= 15 is 0 Å². The van der Waals surface area contributed by atoms with E-state index in [4.69, 9.17) is 0 Å². The van der Waals surface area contributed by atoms with Gasteiger partial charge in [-0.25, -0.2) is 4.98 Å². The summed E-state index contributed by atoms with van der Waals surface area (Å²) in [5.41, 5.74) is 5.51. The Morgan fingerprint density at radius 1 is 1.16 bits per heavy atom. The molecule has 0 aliphatic carbocycles. The second-order valence-electron chi connectivity index (χ2n) is 8.57. The van der Waals surface area contributed by atoms with Gasteiger partial charge in [0.2, 0.25) is 5.91 Å². The smallest absolute Gasteiger partial charge is 0.223 e. The van der Waals surface area contributed by atoms with Crippen LogP contribution in [0.15, 0.2) is 67.3 Å². The first-order chi connectivity index (χ1) is 15.2. The van der Waals surface area contributed by atoms with E-state index in [9.17, 15) is 4.79 Å². The third kappa shape index (κ3) is 4.10. The van der Waals surface area contributed by atoms with Gasteiger partial charge in [0.15, 0.2) is 0 Å². The summed E-state index contributed by atoms with van der Waals surface area (Å²) in [5, 5.41) is 6.89. The van der Waals surface area contributed by atoms with E-state index in [1.807, 2.05) is 36.9 Å². The number of hydrogen-bond donors (Lipinski definition) is 1. The van der Waals surface area contributed by atoms with Gasteiger partial charge < -0.3 is 9.47 Å². The molecule has 1 N–H and O–H groups in total. The summed E-state index contributed by atoms with van der Waals surface area (Å²) in [7, 11) is 0. The normalized spacial score (nSPS) is 18.7. The lowest BCUT2D eigenvalue weighted by Gasteiger charge is -2.21. The van der Waals surface area contributed by atoms with Crippen molar-refractivity contribution in [2.75, 3.05) is 6.54 Å². The van der Waals surface area contributed by atoms with Crippen molar-refractivity contribution in [2.45, 2.75) is 38.8 Å². The summed E-state index contributed by atoms with van der Waals surface area (Å²) in [6.07, 6.45) is 8.05. The Morgan fingerprint density at radius 2 is 2.03 bits per heavy atom. The predicted octanol–water partition coefficient (Wildman–Crippen LogP) is 4.30. The number of amides is 1. The number of aromatic nitrogens is 4. The highest BCUT2D eigenvalue weighted by atomic mass is 16.2. The second kappa shape index (κ2) is 8.38. The molecule has 1 aliphatic heterocycles. The van der Waals surface area contributed by atoms with Gasteiger partial charge in [-0.15, -0.1) is 0 Å². The predicted molar refractivity (Wildman–Crippen MR) is 121 cm³/mol. The maximum Gasteiger partial charge on any atom is 0.223 e. The van der Waals surface area contributed by atoms with Crippen LogP contribution in [0.3, 0.4) is 0 Å². The standard InChI is InChI=1S/C25H27N5O/c1-18-11-20(16-30(18)25(31)10-7-19-5-3-2-4-6-19)15-29-17-26-23-12-21(8-9-24(23)29)22-13-27-28-14-22/h2-6,8-9,12-14,17-18,20H,7,10-11,15-16H2,1H3,(H,27,28)/t18-,20+/m0/s1. The fraction of sp³-hybridized carbons (Fsp3) is 0.320. The number of aryl methyl sites for hydroxylation is 1. The quantitative estimate of drug-likeness (QED) is 0.513. The maximum absolute atomic E-state index is 12.8. The number of H-pyrrole nitrogens is 1. The van der Waals surface area contributed by atoms with E-state index in [1.54, 1.807) is 0 Å². The minimum atomic E-state index is 0.263. The number of nitrogens with one attached hydrogen (secondary N) is 1. The van der Waals surface area contributed by atoms with E-state index in [0.29, 0.717) is 12.3 Å². The Kier molecular flexibility index (Phi) is 5.28. The molecule has 2 aromatic carbocycles. The Hall–Kier alpha value is -3.41. The summed E-state index contributed by atoms with van der Waals surface area (Å²) in [6, 6.07) is 16.9. The van der Waals surface area contributed by atoms with Crippen LogP contribution in [-0.2, 0) is 17.8 Å². The zero-order valence-corrected chi connectivity index (χ0v) is 17.7. The molecule has 158 valence electrons. The third-order valence-corrected chi connectivity index (χ3v) is 6.36. The van der Waals surface area contributed by atoms with E-state index in [1.165, 1.54) is 5.56 Å². The van der Waals surface area contributed by atoms with Crippen LogP contribution in [-0.4, -0.2) is 43.1 Å². The Balaban J connectivity index is 1.23. The molecule has 0 bridgehead atoms. The average Bonchev–Trinajstić information content (AvgIpc) is 3.53. The van der Waals surface area contributed by atoms with E-state index < -0.39 is 0 Å². The number of imidazole rings is 1. The molecule has 6 nitrogen and oxygen atoms in total. The first kappa shape index (κ1) is 19.5. The number of nitrogens with zero attached hydrogens (tertiary/aromatic N) is 4. The van der Waals surface area contributed by atoms with Gasteiger partial charge in [-0.1, -0.05) is 36.4 Å². The zero-order valence-electron chi connectivity index (χ0n) is 17.7. The lowest BCUT2D eigenvalue weighted by Crippen LogP contribution is -2.34. The molecule has 0 radical (unpaired) electrons. The molecule has 6 heteroatoms. The molecule has 1 aliphatic rings. The number of likely N-dealkylation sites (tertiary alicyclic amines) is 1. The van der Waals surface area contributed by atoms with Crippen LogP contribution in [0, 0.1) is 5.92 Å². The minimum absolute atomic E-state index is 0.263. The molecule has 1 fully saturated rings. The highest BCUT2D eigenvalue weighted by Crippen LogP contribution is 2.28. The lowest BCUT2D eigenvalue weighted by atomic mass is 10.1. The molecular weight excluding hydrogens is 386 g/mol. The first-order valence-electron chi connectivity index (χ1n) is 10.9. The van der Waals surface area contributed by atoms with Gasteiger partial charge in [0.1, 0.15) is 0 Å². The fourth-order valence-corrected chi connectivity index (χ4v) is 4.74. The fourth-order valence-electron chi connectivity index (χ4n) is 4.74. The van der Waals surface area contributed by atoms with Crippen LogP contribution >= 0.6 is 0 Å². The summed E-state index contributed by atoms with van der Waals surface area (Å²) < 4.78 is 2.23.